The van der Waals surface area contributed by atoms with Gasteiger partial charge in [-0.2, -0.15) is 5.26 Å². The summed E-state index contributed by atoms with van der Waals surface area (Å²) in [6, 6.07) is 13.9. The number of thiophene rings is 1. The molecule has 0 radical (unpaired) electrons. The molecule has 0 bridgehead atoms. The quantitative estimate of drug-likeness (QED) is 0.723. The van der Waals surface area contributed by atoms with E-state index in [1.165, 1.54) is 0 Å². The second-order valence-corrected chi connectivity index (χ2v) is 5.76. The summed E-state index contributed by atoms with van der Waals surface area (Å²) < 4.78 is 2.04. The van der Waals surface area contributed by atoms with E-state index in [-0.39, 0.29) is 6.04 Å². The number of aromatic nitrogens is 2. The Morgan fingerprint density at radius 1 is 1.29 bits per heavy atom. The highest BCUT2D eigenvalue weighted by Gasteiger charge is 2.31. The van der Waals surface area contributed by atoms with E-state index in [1.54, 1.807) is 11.3 Å². The molecule has 0 saturated heterocycles. The number of nitrogens with one attached hydrogen (secondary N) is 1. The van der Waals surface area contributed by atoms with E-state index in [2.05, 4.69) is 16.4 Å². The Morgan fingerprint density at radius 2 is 2.14 bits per heavy atom. The molecule has 0 spiro atoms. The van der Waals surface area contributed by atoms with Gasteiger partial charge in [-0.05, 0) is 23.6 Å². The third kappa shape index (κ3) is 1.65. The van der Waals surface area contributed by atoms with E-state index in [1.807, 2.05) is 46.3 Å². The molecule has 1 aromatic carbocycles. The molecule has 0 saturated carbocycles. The average molecular weight is 293 g/mol. The first kappa shape index (κ1) is 12.0. The Hall–Kier alpha value is -2.78. The summed E-state index contributed by atoms with van der Waals surface area (Å²) in [6.45, 7) is 0. The Bertz CT molecular complexity index is 898. The molecule has 2 aromatic heterocycles. The van der Waals surface area contributed by atoms with Crippen LogP contribution in [0.5, 0.6) is 0 Å². The van der Waals surface area contributed by atoms with Crippen molar-refractivity contribution in [3.8, 4) is 6.07 Å². The second-order valence-electron chi connectivity index (χ2n) is 4.78. The highest BCUT2D eigenvalue weighted by molar-refractivity contribution is 7.10. The highest BCUT2D eigenvalue weighted by Crippen LogP contribution is 2.39. The van der Waals surface area contributed by atoms with Gasteiger partial charge in [-0.15, -0.1) is 11.3 Å². The molecule has 1 unspecified atom stereocenters. The van der Waals surface area contributed by atoms with Gasteiger partial charge in [0.25, 0.3) is 0 Å². The normalized spacial score (nSPS) is 17.4. The highest BCUT2D eigenvalue weighted by atomic mass is 32.1. The van der Waals surface area contributed by atoms with Crippen LogP contribution >= 0.6 is 11.3 Å². The number of hydrogen-bond donors (Lipinski definition) is 2. The smallest absolute Gasteiger partial charge is 0.210 e. The van der Waals surface area contributed by atoms with Gasteiger partial charge >= 0.3 is 0 Å². The Kier molecular flexibility index (Phi) is 2.49. The molecule has 0 amide bonds. The Morgan fingerprint density at radius 3 is 2.90 bits per heavy atom. The minimum absolute atomic E-state index is 0.223. The molecule has 0 aliphatic carbocycles. The Labute approximate surface area is 124 Å². The molecule has 5 nitrogen and oxygen atoms in total. The fraction of sp³-hybridized carbons (Fsp3) is 0.0667. The van der Waals surface area contributed by atoms with Crippen molar-refractivity contribution in [2.24, 2.45) is 5.73 Å². The molecular weight excluding hydrogens is 282 g/mol. The van der Waals surface area contributed by atoms with Crippen LogP contribution in [0.3, 0.4) is 0 Å². The summed E-state index contributed by atoms with van der Waals surface area (Å²) >= 11 is 1.61. The zero-order chi connectivity index (χ0) is 14.4. The van der Waals surface area contributed by atoms with Crippen molar-refractivity contribution in [2.75, 3.05) is 5.32 Å². The number of nitriles is 1. The molecule has 102 valence electrons. The van der Waals surface area contributed by atoms with Gasteiger partial charge in [-0.3, -0.25) is 4.57 Å². The molecule has 1 atom stereocenters. The van der Waals surface area contributed by atoms with Crippen LogP contribution in [0.1, 0.15) is 10.9 Å². The van der Waals surface area contributed by atoms with E-state index < -0.39 is 0 Å². The van der Waals surface area contributed by atoms with Gasteiger partial charge in [0, 0.05) is 4.88 Å². The van der Waals surface area contributed by atoms with E-state index in [9.17, 15) is 5.26 Å². The molecule has 3 N–H and O–H groups in total. The first-order chi connectivity index (χ1) is 10.3. The van der Waals surface area contributed by atoms with Crippen molar-refractivity contribution in [3.63, 3.8) is 0 Å². The molecular formula is C15H11N5S. The molecule has 3 aromatic rings. The van der Waals surface area contributed by atoms with Gasteiger partial charge < -0.3 is 11.1 Å². The van der Waals surface area contributed by atoms with Gasteiger partial charge in [-0.1, -0.05) is 18.2 Å². The molecule has 3 heterocycles. The van der Waals surface area contributed by atoms with E-state index in [0.29, 0.717) is 17.3 Å². The van der Waals surface area contributed by atoms with Gasteiger partial charge in [0.15, 0.2) is 0 Å². The standard InChI is InChI=1S/C15H11N5S/c16-8-9-13(12-6-3-7-21-12)20-11-5-2-1-4-10(11)18-15(20)19-14(9)17/h1-7,13H,17H2,(H,18,19). The van der Waals surface area contributed by atoms with Crippen LogP contribution in [0.2, 0.25) is 0 Å². The number of benzene rings is 1. The van der Waals surface area contributed by atoms with Crippen molar-refractivity contribution in [3.05, 3.63) is 58.0 Å². The van der Waals surface area contributed by atoms with Gasteiger partial charge in [0.1, 0.15) is 17.9 Å². The van der Waals surface area contributed by atoms with E-state index >= 15 is 0 Å². The lowest BCUT2D eigenvalue weighted by Crippen LogP contribution is -2.27. The van der Waals surface area contributed by atoms with Crippen LogP contribution in [0.25, 0.3) is 11.0 Å². The van der Waals surface area contributed by atoms with Crippen LogP contribution < -0.4 is 11.1 Å². The van der Waals surface area contributed by atoms with Gasteiger partial charge in [-0.25, -0.2) is 4.98 Å². The average Bonchev–Trinajstić information content (AvgIpc) is 3.13. The summed E-state index contributed by atoms with van der Waals surface area (Å²) in [4.78, 5) is 5.64. The van der Waals surface area contributed by atoms with Crippen molar-refractivity contribution < 1.29 is 0 Å². The fourth-order valence-electron chi connectivity index (χ4n) is 2.70. The zero-order valence-corrected chi connectivity index (χ0v) is 11.8. The maximum absolute atomic E-state index is 9.51. The minimum Gasteiger partial charge on any atom is -0.384 e. The number of anilines is 1. The topological polar surface area (TPSA) is 79.7 Å². The lowest BCUT2D eigenvalue weighted by Gasteiger charge is -2.26. The summed E-state index contributed by atoms with van der Waals surface area (Å²) in [5, 5.41) is 14.5. The molecule has 0 fully saturated rings. The fourth-order valence-corrected chi connectivity index (χ4v) is 3.52. The van der Waals surface area contributed by atoms with Crippen LogP contribution in [0.15, 0.2) is 53.2 Å². The number of hydrogen-bond acceptors (Lipinski definition) is 5. The summed E-state index contributed by atoms with van der Waals surface area (Å²) in [5.74, 6) is 1.05. The van der Waals surface area contributed by atoms with Crippen molar-refractivity contribution in [2.45, 2.75) is 6.04 Å². The van der Waals surface area contributed by atoms with E-state index in [4.69, 9.17) is 5.73 Å². The molecule has 1 aliphatic rings. The number of rotatable bonds is 1. The summed E-state index contributed by atoms with van der Waals surface area (Å²) in [5.41, 5.74) is 8.41. The SMILES string of the molecule is N#CC1=C(N)Nc2nc3ccccc3n2C1c1cccs1. The third-order valence-electron chi connectivity index (χ3n) is 3.60. The van der Waals surface area contributed by atoms with Crippen LogP contribution in [-0.2, 0) is 0 Å². The number of nitrogens with zero attached hydrogens (tertiary/aromatic N) is 3. The number of nitrogens with two attached hydrogens (primary N) is 1. The number of imidazole rings is 1. The zero-order valence-electron chi connectivity index (χ0n) is 10.9. The maximum Gasteiger partial charge on any atom is 0.210 e. The Balaban J connectivity index is 2.06. The first-order valence-electron chi connectivity index (χ1n) is 6.46. The van der Waals surface area contributed by atoms with Crippen LogP contribution in [0, 0.1) is 11.3 Å². The van der Waals surface area contributed by atoms with Gasteiger partial charge in [0.05, 0.1) is 16.6 Å². The largest absolute Gasteiger partial charge is 0.384 e. The molecule has 1 aliphatic heterocycles. The number of allylic oxidation sites excluding steroid dienone is 1. The molecule has 21 heavy (non-hydrogen) atoms. The monoisotopic (exact) mass is 293 g/mol. The lowest BCUT2D eigenvalue weighted by molar-refractivity contribution is 0.692. The van der Waals surface area contributed by atoms with Crippen LogP contribution in [-0.4, -0.2) is 9.55 Å². The summed E-state index contributed by atoms with van der Waals surface area (Å²) in [7, 11) is 0. The van der Waals surface area contributed by atoms with Crippen molar-refractivity contribution >= 4 is 28.3 Å². The van der Waals surface area contributed by atoms with Crippen molar-refractivity contribution in [1.82, 2.24) is 9.55 Å². The third-order valence-corrected chi connectivity index (χ3v) is 4.52. The predicted molar refractivity (Wildman–Crippen MR) is 82.6 cm³/mol. The maximum atomic E-state index is 9.51. The van der Waals surface area contributed by atoms with Crippen molar-refractivity contribution in [1.29, 1.82) is 5.26 Å². The molecule has 6 heteroatoms. The summed E-state index contributed by atoms with van der Waals surface area (Å²) in [6.07, 6.45) is 0. The predicted octanol–water partition coefficient (Wildman–Crippen LogP) is 2.81. The second kappa shape index (κ2) is 4.36. The number of fused-ring (bicyclic) bond motifs is 3. The number of para-hydroxylation sites is 2. The molecule has 4 rings (SSSR count). The lowest BCUT2D eigenvalue weighted by atomic mass is 10.0. The van der Waals surface area contributed by atoms with E-state index in [0.717, 1.165) is 15.9 Å². The first-order valence-corrected chi connectivity index (χ1v) is 7.34. The van der Waals surface area contributed by atoms with Gasteiger partial charge in [0.2, 0.25) is 5.95 Å². The minimum atomic E-state index is -0.223. The van der Waals surface area contributed by atoms with Crippen LogP contribution in [0.4, 0.5) is 5.95 Å².